The second-order valence-corrected chi connectivity index (χ2v) is 7.80. The van der Waals surface area contributed by atoms with Gasteiger partial charge in [-0.2, -0.15) is 0 Å². The largest absolute Gasteiger partial charge is 0.477 e. The molecule has 6 nitrogen and oxygen atoms in total. The number of nitrogens with two attached hydrogens (primary N) is 1. The van der Waals surface area contributed by atoms with Crippen molar-refractivity contribution in [2.75, 3.05) is 18.0 Å². The summed E-state index contributed by atoms with van der Waals surface area (Å²) in [5.41, 5.74) is 4.60. The van der Waals surface area contributed by atoms with Crippen molar-refractivity contribution < 1.29 is 18.7 Å². The van der Waals surface area contributed by atoms with E-state index in [0.717, 1.165) is 31.7 Å². The van der Waals surface area contributed by atoms with Crippen molar-refractivity contribution in [3.63, 3.8) is 0 Å². The van der Waals surface area contributed by atoms with Crippen LogP contribution in [0.2, 0.25) is 0 Å². The van der Waals surface area contributed by atoms with Gasteiger partial charge in [0.25, 0.3) is 0 Å². The summed E-state index contributed by atoms with van der Waals surface area (Å²) in [7, 11) is 0. The van der Waals surface area contributed by atoms with Gasteiger partial charge in [0, 0.05) is 31.4 Å². The lowest BCUT2D eigenvalue weighted by atomic mass is 9.98. The quantitative estimate of drug-likeness (QED) is 0.818. The van der Waals surface area contributed by atoms with Gasteiger partial charge in [-0.3, -0.25) is 4.79 Å². The average molecular weight is 391 g/mol. The molecule has 1 saturated carbocycles. The number of carbonyl (C=O) groups is 1. The maximum atomic E-state index is 15.5. The number of fused-ring (bicyclic) bond motifs is 1. The molecule has 1 aliphatic heterocycles. The Morgan fingerprint density at radius 3 is 2.68 bits per heavy atom. The van der Waals surface area contributed by atoms with Crippen molar-refractivity contribution in [1.29, 1.82) is 0 Å². The minimum absolute atomic E-state index is 0.0165. The molecule has 4 rings (SSSR count). The highest BCUT2D eigenvalue weighted by Crippen LogP contribution is 2.40. The summed E-state index contributed by atoms with van der Waals surface area (Å²) in [5, 5.41) is 9.07. The molecule has 1 aromatic heterocycles. The van der Waals surface area contributed by atoms with E-state index in [1.807, 2.05) is 6.92 Å². The van der Waals surface area contributed by atoms with Crippen LogP contribution in [0.5, 0.6) is 0 Å². The van der Waals surface area contributed by atoms with Crippen LogP contribution in [0.1, 0.15) is 49.0 Å². The number of aromatic carboxylic acids is 1. The predicted molar refractivity (Wildman–Crippen MR) is 102 cm³/mol. The van der Waals surface area contributed by atoms with Gasteiger partial charge >= 0.3 is 5.97 Å². The lowest BCUT2D eigenvalue weighted by molar-refractivity contribution is 0.0695. The smallest absolute Gasteiger partial charge is 0.341 e. The van der Waals surface area contributed by atoms with E-state index in [4.69, 9.17) is 5.73 Å². The van der Waals surface area contributed by atoms with Crippen molar-refractivity contribution in [3.8, 4) is 0 Å². The van der Waals surface area contributed by atoms with Gasteiger partial charge in [0.1, 0.15) is 17.1 Å². The molecule has 28 heavy (non-hydrogen) atoms. The van der Waals surface area contributed by atoms with Crippen LogP contribution in [0.3, 0.4) is 0 Å². The van der Waals surface area contributed by atoms with Gasteiger partial charge in [0.15, 0.2) is 5.82 Å². The van der Waals surface area contributed by atoms with Crippen LogP contribution in [-0.4, -0.2) is 34.8 Å². The Labute approximate surface area is 160 Å². The van der Waals surface area contributed by atoms with Crippen molar-refractivity contribution >= 4 is 22.6 Å². The number of rotatable bonds is 5. The van der Waals surface area contributed by atoms with Gasteiger partial charge in [-0.25, -0.2) is 13.6 Å². The van der Waals surface area contributed by atoms with Gasteiger partial charge in [-0.05, 0) is 37.7 Å². The van der Waals surface area contributed by atoms with Crippen LogP contribution < -0.4 is 16.1 Å². The topological polar surface area (TPSA) is 88.6 Å². The number of anilines is 1. The molecule has 2 fully saturated rings. The Balaban J connectivity index is 1.89. The summed E-state index contributed by atoms with van der Waals surface area (Å²) in [6.45, 7) is 2.92. The number of aromatic nitrogens is 1. The van der Waals surface area contributed by atoms with Crippen molar-refractivity contribution in [1.82, 2.24) is 4.57 Å². The van der Waals surface area contributed by atoms with E-state index in [2.05, 4.69) is 0 Å². The number of carboxylic acid groups (broad SMARTS) is 1. The van der Waals surface area contributed by atoms with Crippen molar-refractivity contribution in [3.05, 3.63) is 39.7 Å². The molecule has 0 unspecified atom stereocenters. The Morgan fingerprint density at radius 1 is 1.36 bits per heavy atom. The van der Waals surface area contributed by atoms with E-state index in [-0.39, 0.29) is 34.6 Å². The Hall–Kier alpha value is -2.48. The standard InChI is InChI=1S/C20H23F2N3O3/c1-2-15(23)10-5-6-24(8-10)18-14(21)7-12-17(16(18)22)25(11-3-4-11)9-13(19(12)26)20(27)28/h7,9-11,15H,2-6,8,23H2,1H3,(H,27,28)/t10-,15+/m1/s1. The number of hydrogen-bond acceptors (Lipinski definition) is 4. The predicted octanol–water partition coefficient (Wildman–Crippen LogP) is 2.88. The van der Waals surface area contributed by atoms with Crippen LogP contribution in [0, 0.1) is 17.6 Å². The Morgan fingerprint density at radius 2 is 2.07 bits per heavy atom. The summed E-state index contributed by atoms with van der Waals surface area (Å²) >= 11 is 0. The maximum Gasteiger partial charge on any atom is 0.341 e. The number of halogens is 2. The van der Waals surface area contributed by atoms with Crippen molar-refractivity contribution in [2.45, 2.75) is 44.7 Å². The molecule has 2 atom stereocenters. The number of nitrogens with zero attached hydrogens (tertiary/aromatic N) is 2. The molecule has 0 radical (unpaired) electrons. The molecule has 1 aromatic carbocycles. The number of hydrogen-bond donors (Lipinski definition) is 2. The molecule has 1 aliphatic carbocycles. The fourth-order valence-corrected chi connectivity index (χ4v) is 4.19. The van der Waals surface area contributed by atoms with Crippen LogP contribution in [-0.2, 0) is 0 Å². The van der Waals surface area contributed by atoms with E-state index >= 15 is 4.39 Å². The van der Waals surface area contributed by atoms with E-state index in [0.29, 0.717) is 13.1 Å². The van der Waals surface area contributed by atoms with E-state index in [1.54, 1.807) is 4.90 Å². The monoisotopic (exact) mass is 391 g/mol. The normalized spacial score (nSPS) is 20.7. The second-order valence-electron chi connectivity index (χ2n) is 7.80. The molecule has 1 saturated heterocycles. The van der Waals surface area contributed by atoms with Gasteiger partial charge in [0.05, 0.1) is 10.9 Å². The third-order valence-electron chi connectivity index (χ3n) is 5.97. The number of benzene rings is 1. The molecule has 2 aromatic rings. The first-order valence-corrected chi connectivity index (χ1v) is 9.64. The highest BCUT2D eigenvalue weighted by Gasteiger charge is 2.34. The third kappa shape index (κ3) is 2.96. The minimum Gasteiger partial charge on any atom is -0.477 e. The maximum absolute atomic E-state index is 15.5. The zero-order chi connectivity index (χ0) is 20.2. The first-order chi connectivity index (χ1) is 13.3. The van der Waals surface area contributed by atoms with E-state index in [9.17, 15) is 19.1 Å². The molecular weight excluding hydrogens is 368 g/mol. The number of pyridine rings is 1. The first-order valence-electron chi connectivity index (χ1n) is 9.64. The highest BCUT2D eigenvalue weighted by molar-refractivity contribution is 5.94. The lowest BCUT2D eigenvalue weighted by Crippen LogP contribution is -2.32. The number of carboxylic acids is 1. The molecule has 150 valence electrons. The first kappa shape index (κ1) is 18.9. The van der Waals surface area contributed by atoms with Gasteiger partial charge in [-0.15, -0.1) is 0 Å². The molecule has 0 amide bonds. The summed E-state index contributed by atoms with van der Waals surface area (Å²) in [5.74, 6) is -2.90. The Bertz CT molecular complexity index is 1020. The van der Waals surface area contributed by atoms with Crippen LogP contribution in [0.25, 0.3) is 10.9 Å². The molecule has 2 heterocycles. The second kappa shape index (κ2) is 6.84. The van der Waals surface area contributed by atoms with Gasteiger partial charge < -0.3 is 20.3 Å². The molecule has 3 N–H and O–H groups in total. The zero-order valence-corrected chi connectivity index (χ0v) is 15.6. The lowest BCUT2D eigenvalue weighted by Gasteiger charge is -2.23. The summed E-state index contributed by atoms with van der Waals surface area (Å²) < 4.78 is 31.9. The summed E-state index contributed by atoms with van der Waals surface area (Å²) in [6.07, 6.45) is 4.26. The van der Waals surface area contributed by atoms with Gasteiger partial charge in [-0.1, -0.05) is 6.92 Å². The molecule has 0 bridgehead atoms. The van der Waals surface area contributed by atoms with Gasteiger partial charge in [0.2, 0.25) is 5.43 Å². The average Bonchev–Trinajstić information content (AvgIpc) is 3.39. The summed E-state index contributed by atoms with van der Waals surface area (Å²) in [6, 6.07) is 0.877. The Kier molecular flexibility index (Phi) is 4.61. The third-order valence-corrected chi connectivity index (χ3v) is 5.97. The fraction of sp³-hybridized carbons (Fsp3) is 0.500. The summed E-state index contributed by atoms with van der Waals surface area (Å²) in [4.78, 5) is 25.6. The van der Waals surface area contributed by atoms with E-state index in [1.165, 1.54) is 10.8 Å². The molecule has 2 aliphatic rings. The molecule has 0 spiro atoms. The highest BCUT2D eigenvalue weighted by atomic mass is 19.1. The minimum atomic E-state index is -1.40. The van der Waals surface area contributed by atoms with Crippen molar-refractivity contribution in [2.24, 2.45) is 11.7 Å². The van der Waals surface area contributed by atoms with Crippen LogP contribution in [0.15, 0.2) is 17.1 Å². The molecule has 8 heteroatoms. The van der Waals surface area contributed by atoms with Crippen LogP contribution in [0.4, 0.5) is 14.5 Å². The zero-order valence-electron chi connectivity index (χ0n) is 15.6. The SMILES string of the molecule is CC[C@H](N)[C@@H]1CCN(c2c(F)cc3c(=O)c(C(=O)O)cn(C4CC4)c3c2F)C1. The molecular formula is C20H23F2N3O3. The van der Waals surface area contributed by atoms with Crippen LogP contribution >= 0.6 is 0 Å². The van der Waals surface area contributed by atoms with E-state index < -0.39 is 28.6 Å². The fourth-order valence-electron chi connectivity index (χ4n) is 4.19.